The zero-order chi connectivity index (χ0) is 11.2. The van der Waals surface area contributed by atoms with Gasteiger partial charge >= 0.3 is 0 Å². The Morgan fingerprint density at radius 3 is 2.81 bits per heavy atom. The molecule has 1 aliphatic heterocycles. The van der Waals surface area contributed by atoms with Crippen LogP contribution < -0.4 is 0 Å². The van der Waals surface area contributed by atoms with E-state index in [0.717, 1.165) is 31.6 Å². The molecule has 0 bridgehead atoms. The minimum absolute atomic E-state index is 0.695. The highest BCUT2D eigenvalue weighted by Gasteiger charge is 2.11. The molecule has 4 nitrogen and oxygen atoms in total. The number of nitrogens with zero attached hydrogens (tertiary/aromatic N) is 4. The molecular weight excluding hydrogens is 224 g/mol. The van der Waals surface area contributed by atoms with Crippen LogP contribution in [-0.2, 0) is 13.0 Å². The second kappa shape index (κ2) is 6.21. The number of hydrogen-bond donors (Lipinski definition) is 0. The van der Waals surface area contributed by atoms with Gasteiger partial charge in [-0.25, -0.2) is 0 Å². The highest BCUT2D eigenvalue weighted by atomic mass is 35.5. The molecule has 1 fully saturated rings. The number of aryl methyl sites for hydroxylation is 1. The van der Waals surface area contributed by atoms with Gasteiger partial charge in [-0.15, -0.1) is 16.7 Å². The van der Waals surface area contributed by atoms with Crippen LogP contribution in [-0.4, -0.2) is 45.4 Å². The number of likely N-dealkylation sites (tertiary alicyclic amines) is 1. The van der Waals surface area contributed by atoms with E-state index in [1.54, 1.807) is 0 Å². The van der Waals surface area contributed by atoms with Gasteiger partial charge in [-0.1, -0.05) is 5.21 Å². The molecule has 1 aliphatic rings. The van der Waals surface area contributed by atoms with Crippen molar-refractivity contribution in [2.75, 3.05) is 25.5 Å². The average Bonchev–Trinajstić information content (AvgIpc) is 2.95. The molecule has 0 radical (unpaired) electrons. The van der Waals surface area contributed by atoms with Crippen LogP contribution in [0.25, 0.3) is 0 Å². The molecule has 1 aromatic heterocycles. The second-order valence-electron chi connectivity index (χ2n) is 4.31. The van der Waals surface area contributed by atoms with Crippen LogP contribution in [0.1, 0.15) is 25.0 Å². The fourth-order valence-electron chi connectivity index (χ4n) is 2.06. The first-order valence-electron chi connectivity index (χ1n) is 6.06. The average molecular weight is 243 g/mol. The number of rotatable bonds is 6. The van der Waals surface area contributed by atoms with Crippen molar-refractivity contribution in [1.82, 2.24) is 19.9 Å². The normalized spacial score (nSPS) is 17.1. The highest BCUT2D eigenvalue weighted by molar-refractivity contribution is 6.17. The second-order valence-corrected chi connectivity index (χ2v) is 4.69. The minimum atomic E-state index is 0.695. The first kappa shape index (κ1) is 11.9. The smallest absolute Gasteiger partial charge is 0.0827 e. The molecule has 16 heavy (non-hydrogen) atoms. The molecule has 0 aromatic carbocycles. The van der Waals surface area contributed by atoms with Gasteiger partial charge in [0, 0.05) is 18.6 Å². The van der Waals surface area contributed by atoms with E-state index in [1.165, 1.54) is 25.9 Å². The van der Waals surface area contributed by atoms with Crippen LogP contribution in [0.15, 0.2) is 6.20 Å². The van der Waals surface area contributed by atoms with Gasteiger partial charge in [0.2, 0.25) is 0 Å². The summed E-state index contributed by atoms with van der Waals surface area (Å²) in [5.74, 6) is 0.695. The summed E-state index contributed by atoms with van der Waals surface area (Å²) in [6.07, 6.45) is 6.65. The Bertz CT molecular complexity index is 307. The van der Waals surface area contributed by atoms with Crippen molar-refractivity contribution in [2.24, 2.45) is 0 Å². The van der Waals surface area contributed by atoms with Gasteiger partial charge in [-0.05, 0) is 38.8 Å². The minimum Gasteiger partial charge on any atom is -0.301 e. The quantitative estimate of drug-likeness (QED) is 0.710. The molecule has 0 spiro atoms. The number of hydrogen-bond acceptors (Lipinski definition) is 3. The summed E-state index contributed by atoms with van der Waals surface area (Å²) in [5, 5.41) is 8.26. The van der Waals surface area contributed by atoms with E-state index < -0.39 is 0 Å². The molecule has 1 saturated heterocycles. The Morgan fingerprint density at radius 1 is 1.25 bits per heavy atom. The Balaban J connectivity index is 1.73. The Kier molecular flexibility index (Phi) is 4.60. The molecule has 2 heterocycles. The predicted molar refractivity (Wildman–Crippen MR) is 64.7 cm³/mol. The van der Waals surface area contributed by atoms with E-state index in [1.807, 2.05) is 10.9 Å². The third-order valence-electron chi connectivity index (χ3n) is 3.00. The van der Waals surface area contributed by atoms with E-state index in [0.29, 0.717) is 5.88 Å². The maximum atomic E-state index is 5.64. The van der Waals surface area contributed by atoms with Gasteiger partial charge in [0.15, 0.2) is 0 Å². The summed E-state index contributed by atoms with van der Waals surface area (Å²) < 4.78 is 1.95. The van der Waals surface area contributed by atoms with Gasteiger partial charge in [0.1, 0.15) is 0 Å². The molecule has 0 aliphatic carbocycles. The molecule has 0 N–H and O–H groups in total. The third kappa shape index (κ3) is 3.46. The van der Waals surface area contributed by atoms with E-state index in [2.05, 4.69) is 15.2 Å². The molecule has 90 valence electrons. The lowest BCUT2D eigenvalue weighted by Crippen LogP contribution is -2.24. The van der Waals surface area contributed by atoms with Gasteiger partial charge in [0.05, 0.1) is 12.2 Å². The van der Waals surface area contributed by atoms with E-state index >= 15 is 0 Å². The number of alkyl halides is 1. The first-order valence-corrected chi connectivity index (χ1v) is 6.59. The first-order chi connectivity index (χ1) is 7.88. The molecule has 0 unspecified atom stereocenters. The van der Waals surface area contributed by atoms with Crippen LogP contribution in [0.4, 0.5) is 0 Å². The predicted octanol–water partition coefficient (Wildman–Crippen LogP) is 1.55. The van der Waals surface area contributed by atoms with Gasteiger partial charge in [-0.2, -0.15) is 0 Å². The monoisotopic (exact) mass is 242 g/mol. The van der Waals surface area contributed by atoms with Crippen molar-refractivity contribution in [2.45, 2.75) is 32.2 Å². The molecular formula is C11H19ClN4. The van der Waals surface area contributed by atoms with Crippen molar-refractivity contribution >= 4 is 11.6 Å². The molecule has 2 rings (SSSR count). The lowest BCUT2D eigenvalue weighted by molar-refractivity contribution is 0.314. The van der Waals surface area contributed by atoms with Crippen molar-refractivity contribution in [3.8, 4) is 0 Å². The van der Waals surface area contributed by atoms with Crippen LogP contribution in [0.2, 0.25) is 0 Å². The van der Waals surface area contributed by atoms with Crippen molar-refractivity contribution in [1.29, 1.82) is 0 Å². The Morgan fingerprint density at radius 2 is 2.06 bits per heavy atom. The SMILES string of the molecule is ClCCCc1cn(CCN2CCCC2)nn1. The fourth-order valence-corrected chi connectivity index (χ4v) is 2.19. The van der Waals surface area contributed by atoms with E-state index in [9.17, 15) is 0 Å². The van der Waals surface area contributed by atoms with Crippen molar-refractivity contribution < 1.29 is 0 Å². The Hall–Kier alpha value is -0.610. The largest absolute Gasteiger partial charge is 0.301 e. The summed E-state index contributed by atoms with van der Waals surface area (Å²) in [4.78, 5) is 2.49. The zero-order valence-electron chi connectivity index (χ0n) is 9.61. The molecule has 0 saturated carbocycles. The third-order valence-corrected chi connectivity index (χ3v) is 3.26. The van der Waals surface area contributed by atoms with Crippen molar-refractivity contribution in [3.05, 3.63) is 11.9 Å². The maximum absolute atomic E-state index is 5.64. The summed E-state index contributed by atoms with van der Waals surface area (Å²) in [6, 6.07) is 0. The van der Waals surface area contributed by atoms with Gasteiger partial charge in [0.25, 0.3) is 0 Å². The van der Waals surface area contributed by atoms with Crippen molar-refractivity contribution in [3.63, 3.8) is 0 Å². The van der Waals surface area contributed by atoms with Crippen LogP contribution >= 0.6 is 11.6 Å². The summed E-state index contributed by atoms with van der Waals surface area (Å²) in [7, 11) is 0. The zero-order valence-corrected chi connectivity index (χ0v) is 10.4. The maximum Gasteiger partial charge on any atom is 0.0827 e. The Labute approximate surface area is 102 Å². The van der Waals surface area contributed by atoms with Crippen LogP contribution in [0, 0.1) is 0 Å². The van der Waals surface area contributed by atoms with E-state index in [4.69, 9.17) is 11.6 Å². The van der Waals surface area contributed by atoms with Crippen LogP contribution in [0.5, 0.6) is 0 Å². The lowest BCUT2D eigenvalue weighted by Gasteiger charge is -2.13. The standard InChI is InChI=1S/C11H19ClN4/c12-5-3-4-11-10-16(14-13-11)9-8-15-6-1-2-7-15/h10H,1-9H2. The number of halogens is 1. The molecule has 1 aromatic rings. The summed E-state index contributed by atoms with van der Waals surface area (Å²) in [6.45, 7) is 4.54. The fraction of sp³-hybridized carbons (Fsp3) is 0.818. The van der Waals surface area contributed by atoms with Gasteiger partial charge in [-0.3, -0.25) is 4.68 Å². The summed E-state index contributed by atoms with van der Waals surface area (Å²) >= 11 is 5.64. The molecule has 5 heteroatoms. The molecule has 0 amide bonds. The van der Waals surface area contributed by atoms with Crippen LogP contribution in [0.3, 0.4) is 0 Å². The van der Waals surface area contributed by atoms with Gasteiger partial charge < -0.3 is 4.90 Å². The highest BCUT2D eigenvalue weighted by Crippen LogP contribution is 2.07. The number of aromatic nitrogens is 3. The summed E-state index contributed by atoms with van der Waals surface area (Å²) in [5.41, 5.74) is 1.06. The topological polar surface area (TPSA) is 34.0 Å². The van der Waals surface area contributed by atoms with E-state index in [-0.39, 0.29) is 0 Å². The molecule has 0 atom stereocenters. The lowest BCUT2D eigenvalue weighted by atomic mass is 10.3.